The molecular weight excluding hydrogens is 176 g/mol. The lowest BCUT2D eigenvalue weighted by Gasteiger charge is -1.95. The summed E-state index contributed by atoms with van der Waals surface area (Å²) in [4.78, 5) is 18.0. The van der Waals surface area contributed by atoms with Crippen molar-refractivity contribution < 1.29 is 9.90 Å². The molecule has 1 aromatic rings. The van der Waals surface area contributed by atoms with E-state index >= 15 is 0 Å². The third kappa shape index (κ3) is 3.34. The molecule has 5 heteroatoms. The van der Waals surface area contributed by atoms with Gasteiger partial charge < -0.3 is 5.11 Å². The van der Waals surface area contributed by atoms with Crippen LogP contribution in [0.4, 0.5) is 0 Å². The molecule has 1 rings (SSSR count). The fourth-order valence-electron chi connectivity index (χ4n) is 0.590. The molecule has 0 saturated heterocycles. The zero-order chi connectivity index (χ0) is 8.81. The molecule has 0 atom stereocenters. The first-order valence-electron chi connectivity index (χ1n) is 3.40. The lowest BCUT2D eigenvalue weighted by atomic mass is 10.5. The van der Waals surface area contributed by atoms with Crippen molar-refractivity contribution in [1.29, 1.82) is 0 Å². The Morgan fingerprint density at radius 1 is 1.50 bits per heavy atom. The Morgan fingerprint density at radius 3 is 2.75 bits per heavy atom. The Bertz CT molecular complexity index is 253. The van der Waals surface area contributed by atoms with Gasteiger partial charge in [-0.3, -0.25) is 4.79 Å². The van der Waals surface area contributed by atoms with Crippen LogP contribution < -0.4 is 0 Å². The smallest absolute Gasteiger partial charge is 0.304 e. The van der Waals surface area contributed by atoms with Crippen molar-refractivity contribution in [2.45, 2.75) is 11.6 Å². The summed E-state index contributed by atoms with van der Waals surface area (Å²) in [7, 11) is 0. The third-order valence-electron chi connectivity index (χ3n) is 1.09. The normalized spacial score (nSPS) is 9.67. The molecule has 4 nitrogen and oxygen atoms in total. The van der Waals surface area contributed by atoms with Gasteiger partial charge in [0.25, 0.3) is 0 Å². The molecule has 0 aliphatic rings. The minimum atomic E-state index is -0.793. The molecule has 0 amide bonds. The van der Waals surface area contributed by atoms with Gasteiger partial charge in [-0.2, -0.15) is 0 Å². The fourth-order valence-corrected chi connectivity index (χ4v) is 1.32. The first kappa shape index (κ1) is 8.99. The maximum absolute atomic E-state index is 10.1. The van der Waals surface area contributed by atoms with Crippen LogP contribution in [-0.2, 0) is 4.79 Å². The average Bonchev–Trinajstić information content (AvgIpc) is 2.05. The highest BCUT2D eigenvalue weighted by atomic mass is 32.2. The molecule has 0 saturated carbocycles. The summed E-state index contributed by atoms with van der Waals surface area (Å²) in [5.74, 6) is -0.280. The zero-order valence-electron chi connectivity index (χ0n) is 6.30. The van der Waals surface area contributed by atoms with E-state index in [0.717, 1.165) is 0 Å². The Hall–Kier alpha value is -1.10. The standard InChI is InChI=1S/C7H8N2O2S/c10-6(11)2-5-12-7-8-3-1-4-9-7/h1,3-4H,2,5H2,(H,10,11). The third-order valence-corrected chi connectivity index (χ3v) is 1.97. The number of thioether (sulfide) groups is 1. The van der Waals surface area contributed by atoms with E-state index in [4.69, 9.17) is 5.11 Å². The Kier molecular flexibility index (Phi) is 3.53. The van der Waals surface area contributed by atoms with E-state index < -0.39 is 5.97 Å². The molecule has 0 spiro atoms. The molecule has 0 aliphatic carbocycles. The number of carboxylic acid groups (broad SMARTS) is 1. The summed E-state index contributed by atoms with van der Waals surface area (Å²) in [6.07, 6.45) is 3.41. The largest absolute Gasteiger partial charge is 0.481 e. The van der Waals surface area contributed by atoms with Gasteiger partial charge in [-0.15, -0.1) is 0 Å². The second-order valence-corrected chi connectivity index (χ2v) is 3.09. The average molecular weight is 184 g/mol. The number of rotatable bonds is 4. The van der Waals surface area contributed by atoms with Crippen molar-refractivity contribution >= 4 is 17.7 Å². The summed E-state index contributed by atoms with van der Waals surface area (Å²) in [6.45, 7) is 0. The van der Waals surface area contributed by atoms with E-state index in [2.05, 4.69) is 9.97 Å². The molecule has 0 bridgehead atoms. The molecule has 12 heavy (non-hydrogen) atoms. The van der Waals surface area contributed by atoms with Gasteiger partial charge in [-0.05, 0) is 6.07 Å². The molecular formula is C7H8N2O2S. The van der Waals surface area contributed by atoms with Crippen molar-refractivity contribution in [2.24, 2.45) is 0 Å². The van der Waals surface area contributed by atoms with Gasteiger partial charge in [-0.1, -0.05) is 11.8 Å². The van der Waals surface area contributed by atoms with E-state index in [1.165, 1.54) is 11.8 Å². The minimum absolute atomic E-state index is 0.142. The first-order chi connectivity index (χ1) is 5.79. The number of hydrogen-bond donors (Lipinski definition) is 1. The second-order valence-electron chi connectivity index (χ2n) is 2.02. The quantitative estimate of drug-likeness (QED) is 0.559. The molecule has 0 aromatic carbocycles. The van der Waals surface area contributed by atoms with Gasteiger partial charge >= 0.3 is 5.97 Å². The van der Waals surface area contributed by atoms with Gasteiger partial charge in [-0.25, -0.2) is 9.97 Å². The highest BCUT2D eigenvalue weighted by Crippen LogP contribution is 2.11. The number of carbonyl (C=O) groups is 1. The summed E-state index contributed by atoms with van der Waals surface area (Å²) >= 11 is 1.35. The lowest BCUT2D eigenvalue weighted by molar-refractivity contribution is -0.136. The maximum Gasteiger partial charge on any atom is 0.304 e. The van der Waals surface area contributed by atoms with Crippen molar-refractivity contribution in [2.75, 3.05) is 5.75 Å². The number of nitrogens with zero attached hydrogens (tertiary/aromatic N) is 2. The Morgan fingerprint density at radius 2 is 2.17 bits per heavy atom. The van der Waals surface area contributed by atoms with Gasteiger partial charge in [0, 0.05) is 18.1 Å². The van der Waals surface area contributed by atoms with Crippen LogP contribution in [-0.4, -0.2) is 26.8 Å². The van der Waals surface area contributed by atoms with E-state index in [0.29, 0.717) is 10.9 Å². The first-order valence-corrected chi connectivity index (χ1v) is 4.39. The molecule has 0 unspecified atom stereocenters. The lowest BCUT2D eigenvalue weighted by Crippen LogP contribution is -1.96. The molecule has 0 fully saturated rings. The highest BCUT2D eigenvalue weighted by Gasteiger charge is 1.99. The SMILES string of the molecule is O=C(O)CCSc1ncccn1. The van der Waals surface area contributed by atoms with Crippen molar-refractivity contribution in [1.82, 2.24) is 9.97 Å². The van der Waals surface area contributed by atoms with Crippen LogP contribution in [0.25, 0.3) is 0 Å². The maximum atomic E-state index is 10.1. The molecule has 1 heterocycles. The van der Waals surface area contributed by atoms with Crippen LogP contribution in [0.2, 0.25) is 0 Å². The van der Waals surface area contributed by atoms with E-state index in [-0.39, 0.29) is 6.42 Å². The summed E-state index contributed by atoms with van der Waals surface area (Å²) < 4.78 is 0. The van der Waals surface area contributed by atoms with Crippen LogP contribution in [0, 0.1) is 0 Å². The van der Waals surface area contributed by atoms with Gasteiger partial charge in [0.1, 0.15) is 0 Å². The van der Waals surface area contributed by atoms with E-state index in [9.17, 15) is 4.79 Å². The Balaban J connectivity index is 2.29. The van der Waals surface area contributed by atoms with Crippen LogP contribution in [0.15, 0.2) is 23.6 Å². The van der Waals surface area contributed by atoms with E-state index in [1.807, 2.05) is 0 Å². The fraction of sp³-hybridized carbons (Fsp3) is 0.286. The summed E-state index contributed by atoms with van der Waals surface area (Å²) in [5, 5.41) is 8.96. The van der Waals surface area contributed by atoms with Crippen LogP contribution in [0.5, 0.6) is 0 Å². The summed E-state index contributed by atoms with van der Waals surface area (Å²) in [5.41, 5.74) is 0. The number of aromatic nitrogens is 2. The molecule has 1 aromatic heterocycles. The van der Waals surface area contributed by atoms with Crippen LogP contribution in [0.1, 0.15) is 6.42 Å². The monoisotopic (exact) mass is 184 g/mol. The molecule has 64 valence electrons. The zero-order valence-corrected chi connectivity index (χ0v) is 7.12. The van der Waals surface area contributed by atoms with Crippen LogP contribution in [0.3, 0.4) is 0 Å². The number of hydrogen-bond acceptors (Lipinski definition) is 4. The van der Waals surface area contributed by atoms with E-state index in [1.54, 1.807) is 18.5 Å². The van der Waals surface area contributed by atoms with Gasteiger partial charge in [0.05, 0.1) is 6.42 Å². The number of aliphatic carboxylic acids is 1. The predicted octanol–water partition coefficient (Wildman–Crippen LogP) is 1.04. The predicted molar refractivity (Wildman–Crippen MR) is 45.0 cm³/mol. The molecule has 0 aliphatic heterocycles. The van der Waals surface area contributed by atoms with Crippen molar-refractivity contribution in [3.63, 3.8) is 0 Å². The summed E-state index contributed by atoms with van der Waals surface area (Å²) in [6, 6.07) is 1.72. The van der Waals surface area contributed by atoms with Crippen LogP contribution >= 0.6 is 11.8 Å². The Labute approximate surface area is 74.0 Å². The molecule has 1 N–H and O–H groups in total. The second kappa shape index (κ2) is 4.71. The van der Waals surface area contributed by atoms with Crippen molar-refractivity contribution in [3.8, 4) is 0 Å². The minimum Gasteiger partial charge on any atom is -0.481 e. The van der Waals surface area contributed by atoms with Gasteiger partial charge in [0.15, 0.2) is 5.16 Å². The number of carboxylic acids is 1. The van der Waals surface area contributed by atoms with Gasteiger partial charge in [0.2, 0.25) is 0 Å². The van der Waals surface area contributed by atoms with Crippen molar-refractivity contribution in [3.05, 3.63) is 18.5 Å². The highest BCUT2D eigenvalue weighted by molar-refractivity contribution is 7.99. The topological polar surface area (TPSA) is 63.1 Å². The molecule has 0 radical (unpaired) electrons.